The highest BCUT2D eigenvalue weighted by Crippen LogP contribution is 2.31. The van der Waals surface area contributed by atoms with Crippen LogP contribution in [0.5, 0.6) is 0 Å². The molecular weight excluding hydrogens is 188 g/mol. The van der Waals surface area contributed by atoms with Gasteiger partial charge in [0, 0.05) is 18.3 Å². The van der Waals surface area contributed by atoms with Crippen LogP contribution >= 0.6 is 0 Å². The first-order valence-electron chi connectivity index (χ1n) is 5.70. The maximum Gasteiger partial charge on any atom is 0.250 e. The van der Waals surface area contributed by atoms with Gasteiger partial charge in [0.25, 0.3) is 5.56 Å². The summed E-state index contributed by atoms with van der Waals surface area (Å²) in [5.41, 5.74) is 5.87. The van der Waals surface area contributed by atoms with Crippen molar-refractivity contribution in [1.82, 2.24) is 4.57 Å². The molecule has 0 bridgehead atoms. The van der Waals surface area contributed by atoms with Crippen LogP contribution in [-0.4, -0.2) is 11.1 Å². The molecule has 0 aliphatic heterocycles. The molecule has 0 spiro atoms. The SMILES string of the molecule is NCC1CCCCC1n1ccccc1=O. The van der Waals surface area contributed by atoms with Crippen molar-refractivity contribution in [2.45, 2.75) is 31.7 Å². The zero-order chi connectivity index (χ0) is 10.7. The van der Waals surface area contributed by atoms with Crippen molar-refractivity contribution in [3.8, 4) is 0 Å². The molecule has 0 radical (unpaired) electrons. The number of pyridine rings is 1. The van der Waals surface area contributed by atoms with E-state index >= 15 is 0 Å². The summed E-state index contributed by atoms with van der Waals surface area (Å²) < 4.78 is 1.86. The number of hydrogen-bond acceptors (Lipinski definition) is 2. The molecule has 0 saturated heterocycles. The van der Waals surface area contributed by atoms with E-state index in [1.807, 2.05) is 16.8 Å². The Morgan fingerprint density at radius 2 is 2.13 bits per heavy atom. The Morgan fingerprint density at radius 1 is 1.33 bits per heavy atom. The average molecular weight is 206 g/mol. The molecule has 2 unspecified atom stereocenters. The molecule has 1 heterocycles. The van der Waals surface area contributed by atoms with Gasteiger partial charge in [-0.3, -0.25) is 4.79 Å². The second-order valence-corrected chi connectivity index (χ2v) is 4.29. The van der Waals surface area contributed by atoms with Gasteiger partial charge in [0.2, 0.25) is 0 Å². The van der Waals surface area contributed by atoms with Crippen molar-refractivity contribution in [1.29, 1.82) is 0 Å². The highest BCUT2D eigenvalue weighted by Gasteiger charge is 2.25. The van der Waals surface area contributed by atoms with Crippen molar-refractivity contribution in [2.75, 3.05) is 6.54 Å². The van der Waals surface area contributed by atoms with E-state index in [1.54, 1.807) is 12.1 Å². The first-order valence-corrected chi connectivity index (χ1v) is 5.70. The smallest absolute Gasteiger partial charge is 0.250 e. The van der Waals surface area contributed by atoms with Gasteiger partial charge in [0.1, 0.15) is 0 Å². The van der Waals surface area contributed by atoms with Gasteiger partial charge in [-0.25, -0.2) is 0 Å². The van der Waals surface area contributed by atoms with Crippen LogP contribution in [0.25, 0.3) is 0 Å². The van der Waals surface area contributed by atoms with Crippen LogP contribution in [-0.2, 0) is 0 Å². The molecule has 1 aromatic heterocycles. The lowest BCUT2D eigenvalue weighted by Gasteiger charge is -2.31. The van der Waals surface area contributed by atoms with Crippen LogP contribution in [0.2, 0.25) is 0 Å². The van der Waals surface area contributed by atoms with Gasteiger partial charge in [0.15, 0.2) is 0 Å². The van der Waals surface area contributed by atoms with Crippen molar-refractivity contribution in [3.63, 3.8) is 0 Å². The summed E-state index contributed by atoms with van der Waals surface area (Å²) in [4.78, 5) is 11.7. The summed E-state index contributed by atoms with van der Waals surface area (Å²) >= 11 is 0. The maximum atomic E-state index is 11.7. The fourth-order valence-corrected chi connectivity index (χ4v) is 2.54. The van der Waals surface area contributed by atoms with Crippen LogP contribution in [0, 0.1) is 5.92 Å². The molecule has 0 amide bonds. The summed E-state index contributed by atoms with van der Waals surface area (Å²) in [5.74, 6) is 0.471. The van der Waals surface area contributed by atoms with Gasteiger partial charge in [-0.05, 0) is 31.4 Å². The third kappa shape index (κ3) is 2.12. The van der Waals surface area contributed by atoms with Gasteiger partial charge in [-0.1, -0.05) is 18.9 Å². The molecule has 82 valence electrons. The molecule has 1 saturated carbocycles. The monoisotopic (exact) mass is 206 g/mol. The van der Waals surface area contributed by atoms with Crippen LogP contribution in [0.3, 0.4) is 0 Å². The van der Waals surface area contributed by atoms with Gasteiger partial charge in [-0.2, -0.15) is 0 Å². The lowest BCUT2D eigenvalue weighted by molar-refractivity contribution is 0.240. The first kappa shape index (κ1) is 10.4. The standard InChI is InChI=1S/C12H18N2O/c13-9-10-5-1-2-6-11(10)14-8-4-3-7-12(14)15/h3-4,7-8,10-11H,1-2,5-6,9,13H2. The summed E-state index contributed by atoms with van der Waals surface area (Å²) in [6.07, 6.45) is 6.59. The van der Waals surface area contributed by atoms with E-state index in [9.17, 15) is 4.79 Å². The molecule has 2 rings (SSSR count). The highest BCUT2D eigenvalue weighted by atomic mass is 16.1. The Bertz CT molecular complexity index is 372. The van der Waals surface area contributed by atoms with Crippen molar-refractivity contribution >= 4 is 0 Å². The van der Waals surface area contributed by atoms with E-state index in [0.717, 1.165) is 12.8 Å². The van der Waals surface area contributed by atoms with Crippen molar-refractivity contribution in [3.05, 3.63) is 34.7 Å². The number of nitrogens with zero attached hydrogens (tertiary/aromatic N) is 1. The molecule has 1 fully saturated rings. The minimum atomic E-state index is 0.0999. The van der Waals surface area contributed by atoms with E-state index in [1.165, 1.54) is 12.8 Å². The largest absolute Gasteiger partial charge is 0.330 e. The lowest BCUT2D eigenvalue weighted by atomic mass is 9.84. The Kier molecular flexibility index (Phi) is 3.21. The lowest BCUT2D eigenvalue weighted by Crippen LogP contribution is -2.34. The predicted octanol–water partition coefficient (Wildman–Crippen LogP) is 1.54. The number of nitrogens with two attached hydrogens (primary N) is 1. The molecule has 1 aliphatic carbocycles. The van der Waals surface area contributed by atoms with E-state index in [0.29, 0.717) is 18.5 Å². The first-order chi connectivity index (χ1) is 7.33. The number of hydrogen-bond donors (Lipinski definition) is 1. The van der Waals surface area contributed by atoms with Gasteiger partial charge < -0.3 is 10.3 Å². The van der Waals surface area contributed by atoms with E-state index in [4.69, 9.17) is 5.73 Å². The minimum Gasteiger partial charge on any atom is -0.330 e. The van der Waals surface area contributed by atoms with E-state index < -0.39 is 0 Å². The van der Waals surface area contributed by atoms with E-state index in [2.05, 4.69) is 0 Å². The molecule has 0 aromatic carbocycles. The van der Waals surface area contributed by atoms with Crippen molar-refractivity contribution < 1.29 is 0 Å². The predicted molar refractivity (Wildman–Crippen MR) is 60.8 cm³/mol. The quantitative estimate of drug-likeness (QED) is 0.798. The fraction of sp³-hybridized carbons (Fsp3) is 0.583. The Morgan fingerprint density at radius 3 is 2.87 bits per heavy atom. The number of aromatic nitrogens is 1. The fourth-order valence-electron chi connectivity index (χ4n) is 2.54. The zero-order valence-corrected chi connectivity index (χ0v) is 8.93. The van der Waals surface area contributed by atoms with Gasteiger partial charge in [-0.15, -0.1) is 0 Å². The third-order valence-corrected chi connectivity index (χ3v) is 3.38. The highest BCUT2D eigenvalue weighted by molar-refractivity contribution is 4.97. The Hall–Kier alpha value is -1.09. The molecule has 3 nitrogen and oxygen atoms in total. The summed E-state index contributed by atoms with van der Waals surface area (Å²) in [6.45, 7) is 0.687. The average Bonchev–Trinajstić information content (AvgIpc) is 2.30. The Balaban J connectivity index is 2.28. The van der Waals surface area contributed by atoms with Crippen LogP contribution in [0.1, 0.15) is 31.7 Å². The summed E-state index contributed by atoms with van der Waals surface area (Å²) in [5, 5.41) is 0. The number of rotatable bonds is 2. The van der Waals surface area contributed by atoms with Gasteiger partial charge in [0.05, 0.1) is 0 Å². The molecule has 3 heteroatoms. The minimum absolute atomic E-state index is 0.0999. The molecular formula is C12H18N2O. The topological polar surface area (TPSA) is 48.0 Å². The molecule has 1 aliphatic rings. The van der Waals surface area contributed by atoms with Crippen LogP contribution < -0.4 is 11.3 Å². The third-order valence-electron chi connectivity index (χ3n) is 3.38. The second-order valence-electron chi connectivity index (χ2n) is 4.29. The van der Waals surface area contributed by atoms with Crippen molar-refractivity contribution in [2.24, 2.45) is 11.7 Å². The zero-order valence-electron chi connectivity index (χ0n) is 8.93. The van der Waals surface area contributed by atoms with Crippen LogP contribution in [0.15, 0.2) is 29.2 Å². The molecule has 1 aromatic rings. The molecule has 2 N–H and O–H groups in total. The molecule has 2 atom stereocenters. The maximum absolute atomic E-state index is 11.7. The Labute approximate surface area is 89.9 Å². The second kappa shape index (κ2) is 4.62. The van der Waals surface area contributed by atoms with Gasteiger partial charge >= 0.3 is 0 Å². The van der Waals surface area contributed by atoms with Crippen LogP contribution in [0.4, 0.5) is 0 Å². The summed E-state index contributed by atoms with van der Waals surface area (Å²) in [7, 11) is 0. The van der Waals surface area contributed by atoms with E-state index in [-0.39, 0.29) is 5.56 Å². The summed E-state index contributed by atoms with van der Waals surface area (Å²) in [6, 6.07) is 5.66. The molecule has 15 heavy (non-hydrogen) atoms. The normalized spacial score (nSPS) is 26.5.